The van der Waals surface area contributed by atoms with Gasteiger partial charge in [0.15, 0.2) is 0 Å². The molecule has 180 valence electrons. The van der Waals surface area contributed by atoms with Gasteiger partial charge in [-0.05, 0) is 55.2 Å². The van der Waals surface area contributed by atoms with Crippen LogP contribution in [-0.2, 0) is 4.79 Å². The highest BCUT2D eigenvalue weighted by atomic mass is 16.4. The Morgan fingerprint density at radius 1 is 1.24 bits per heavy atom. The number of nitrogens with zero attached hydrogens (tertiary/aromatic N) is 3. The number of aliphatic carboxylic acids is 1. The molecule has 1 saturated carbocycles. The number of H-pyrrole nitrogens is 1. The van der Waals surface area contributed by atoms with Crippen LogP contribution in [0.2, 0.25) is 0 Å². The molecule has 1 fully saturated rings. The van der Waals surface area contributed by atoms with Gasteiger partial charge in [-0.1, -0.05) is 26.8 Å². The fraction of sp³-hybridized carbons (Fsp3) is 0.565. The van der Waals surface area contributed by atoms with Crippen LogP contribution in [0.5, 0.6) is 0 Å². The minimum atomic E-state index is -0.858. The second-order valence-corrected chi connectivity index (χ2v) is 9.28. The number of aliphatic hydroxyl groups excluding tert-OH is 1. The number of anilines is 3. The van der Waals surface area contributed by atoms with Gasteiger partial charge in [-0.3, -0.25) is 14.7 Å². The summed E-state index contributed by atoms with van der Waals surface area (Å²) in [4.78, 5) is 29.1. The molecule has 1 aromatic carbocycles. The van der Waals surface area contributed by atoms with Gasteiger partial charge in [0.05, 0.1) is 23.9 Å². The van der Waals surface area contributed by atoms with E-state index in [1.165, 1.54) is 0 Å². The van der Waals surface area contributed by atoms with E-state index in [2.05, 4.69) is 39.2 Å². The molecular weight excluding hydrogens is 424 g/mol. The van der Waals surface area contributed by atoms with Crippen molar-refractivity contribution in [3.63, 3.8) is 0 Å². The number of hydrogen-bond donors (Lipinski definition) is 5. The molecule has 0 aliphatic heterocycles. The van der Waals surface area contributed by atoms with Crippen LogP contribution in [0.1, 0.15) is 75.0 Å². The summed E-state index contributed by atoms with van der Waals surface area (Å²) in [7, 11) is 0. The van der Waals surface area contributed by atoms with Gasteiger partial charge in [0.1, 0.15) is 0 Å². The van der Waals surface area contributed by atoms with Crippen molar-refractivity contribution < 1.29 is 19.8 Å². The number of nitrogens with one attached hydrogen (secondary N) is 2. The van der Waals surface area contributed by atoms with Gasteiger partial charge in [-0.2, -0.15) is 4.98 Å². The molecule has 0 spiro atoms. The molecule has 33 heavy (non-hydrogen) atoms. The Bertz CT molecular complexity index is 968. The number of carbonyl (C=O) groups is 2. The van der Waals surface area contributed by atoms with Crippen LogP contribution in [0.4, 0.5) is 17.3 Å². The molecule has 2 aromatic rings. The first kappa shape index (κ1) is 24.5. The molecule has 0 saturated heterocycles. The summed E-state index contributed by atoms with van der Waals surface area (Å²) >= 11 is 0. The zero-order valence-corrected chi connectivity index (χ0v) is 19.4. The smallest absolute Gasteiger partial charge is 0.303 e. The number of aromatic nitrogens is 3. The predicted octanol–water partition coefficient (Wildman–Crippen LogP) is 2.99. The maximum atomic E-state index is 11.4. The normalized spacial score (nSPS) is 19.3. The van der Waals surface area contributed by atoms with E-state index in [0.717, 1.165) is 49.2 Å². The number of amides is 1. The number of carboxylic acid groups (broad SMARTS) is 1. The summed E-state index contributed by atoms with van der Waals surface area (Å²) in [6.45, 7) is 7.02. The van der Waals surface area contributed by atoms with Crippen LogP contribution in [0.15, 0.2) is 18.2 Å². The first-order chi connectivity index (χ1) is 15.6. The summed E-state index contributed by atoms with van der Waals surface area (Å²) < 4.78 is 0. The molecule has 6 N–H and O–H groups in total. The molecule has 10 nitrogen and oxygen atoms in total. The molecule has 1 amide bonds. The summed E-state index contributed by atoms with van der Waals surface area (Å²) in [5.74, 6) is -1.19. The summed E-state index contributed by atoms with van der Waals surface area (Å²) in [5, 5.41) is 29.0. The quantitative estimate of drug-likeness (QED) is 0.363. The fourth-order valence-corrected chi connectivity index (χ4v) is 4.35. The second kappa shape index (κ2) is 10.7. The van der Waals surface area contributed by atoms with Crippen LogP contribution in [0, 0.1) is 5.92 Å². The molecular formula is C23H34N6O4. The highest BCUT2D eigenvalue weighted by Gasteiger charge is 2.28. The third-order valence-electron chi connectivity index (χ3n) is 6.01. The van der Waals surface area contributed by atoms with Crippen LogP contribution in [0.3, 0.4) is 0 Å². The Morgan fingerprint density at radius 3 is 2.52 bits per heavy atom. The van der Waals surface area contributed by atoms with Crippen molar-refractivity contribution in [2.75, 3.05) is 16.8 Å². The number of primary amides is 1. The van der Waals surface area contributed by atoms with Crippen molar-refractivity contribution in [1.29, 1.82) is 0 Å². The second-order valence-electron chi connectivity index (χ2n) is 9.28. The van der Waals surface area contributed by atoms with Gasteiger partial charge in [0.2, 0.25) is 11.8 Å². The molecule has 3 rings (SSSR count). The number of rotatable bonds is 10. The fourth-order valence-electron chi connectivity index (χ4n) is 4.35. The molecule has 1 aliphatic rings. The Kier molecular flexibility index (Phi) is 7.91. The monoisotopic (exact) mass is 458 g/mol. The standard InChI is InChI=1S/C23H34N6O4/c1-13(2)12-29(16-5-7-17(30)8-6-16)19-9-4-15(14(3)10-20(31)32)11-18(19)25-23-26-22(21(24)33)27-28-23/h4,9,11,13-14,16-17,30H,5-8,10,12H2,1-3H3,(H2,24,33)(H,31,32)(H2,25,26,27,28)/t14-,16?,17?/m1/s1. The Hall–Kier alpha value is -3.14. The van der Waals surface area contributed by atoms with Gasteiger partial charge in [0.25, 0.3) is 5.91 Å². The van der Waals surface area contributed by atoms with E-state index in [4.69, 9.17) is 5.73 Å². The van der Waals surface area contributed by atoms with Gasteiger partial charge >= 0.3 is 5.97 Å². The number of benzene rings is 1. The van der Waals surface area contributed by atoms with Crippen molar-refractivity contribution >= 4 is 29.2 Å². The van der Waals surface area contributed by atoms with Gasteiger partial charge < -0.3 is 26.2 Å². The van der Waals surface area contributed by atoms with E-state index in [1.54, 1.807) is 0 Å². The van der Waals surface area contributed by atoms with Crippen molar-refractivity contribution in [3.8, 4) is 0 Å². The number of nitrogens with two attached hydrogens (primary N) is 1. The number of carboxylic acids is 1. The van der Waals surface area contributed by atoms with Crippen LogP contribution in [0.25, 0.3) is 0 Å². The minimum Gasteiger partial charge on any atom is -0.481 e. The van der Waals surface area contributed by atoms with Crippen LogP contribution < -0.4 is 16.0 Å². The topological polar surface area (TPSA) is 157 Å². The largest absolute Gasteiger partial charge is 0.481 e. The van der Waals surface area contributed by atoms with E-state index >= 15 is 0 Å². The van der Waals surface area contributed by atoms with Crippen molar-refractivity contribution in [3.05, 3.63) is 29.6 Å². The molecule has 0 radical (unpaired) electrons. The van der Waals surface area contributed by atoms with Gasteiger partial charge in [-0.25, -0.2) is 0 Å². The Balaban J connectivity index is 2.00. The molecule has 1 aromatic heterocycles. The molecule has 1 aliphatic carbocycles. The molecule has 1 heterocycles. The lowest BCUT2D eigenvalue weighted by molar-refractivity contribution is -0.137. The zero-order valence-electron chi connectivity index (χ0n) is 19.4. The highest BCUT2D eigenvalue weighted by molar-refractivity contribution is 5.89. The van der Waals surface area contributed by atoms with Crippen molar-refractivity contribution in [2.24, 2.45) is 11.7 Å². The van der Waals surface area contributed by atoms with Gasteiger partial charge in [0, 0.05) is 12.6 Å². The summed E-state index contributed by atoms with van der Waals surface area (Å²) in [6, 6.07) is 6.16. The predicted molar refractivity (Wildman–Crippen MR) is 126 cm³/mol. The summed E-state index contributed by atoms with van der Waals surface area (Å²) in [5.41, 5.74) is 7.84. The maximum Gasteiger partial charge on any atom is 0.303 e. The van der Waals surface area contributed by atoms with E-state index in [9.17, 15) is 19.8 Å². The van der Waals surface area contributed by atoms with E-state index in [0.29, 0.717) is 5.92 Å². The highest BCUT2D eigenvalue weighted by Crippen LogP contribution is 2.37. The van der Waals surface area contributed by atoms with Crippen molar-refractivity contribution in [2.45, 2.75) is 70.9 Å². The maximum absolute atomic E-state index is 11.4. The van der Waals surface area contributed by atoms with E-state index in [1.807, 2.05) is 25.1 Å². The Labute approximate surface area is 193 Å². The third kappa shape index (κ3) is 6.44. The number of aromatic amines is 1. The molecule has 1 atom stereocenters. The zero-order chi connectivity index (χ0) is 24.1. The van der Waals surface area contributed by atoms with Crippen LogP contribution in [-0.4, -0.2) is 56.0 Å². The molecule has 0 bridgehead atoms. The molecule has 10 heteroatoms. The van der Waals surface area contributed by atoms with E-state index < -0.39 is 11.9 Å². The first-order valence-corrected chi connectivity index (χ1v) is 11.4. The van der Waals surface area contributed by atoms with Crippen LogP contribution >= 0.6 is 0 Å². The first-order valence-electron chi connectivity index (χ1n) is 11.4. The average Bonchev–Trinajstić information content (AvgIpc) is 3.21. The third-order valence-corrected chi connectivity index (χ3v) is 6.01. The SMILES string of the molecule is CC(C)CN(c1ccc([C@H](C)CC(=O)O)cc1Nc1n[nH]c(C(N)=O)n1)C1CCC(O)CC1. The number of carbonyl (C=O) groups excluding carboxylic acids is 1. The van der Waals surface area contributed by atoms with E-state index in [-0.39, 0.29) is 36.3 Å². The summed E-state index contributed by atoms with van der Waals surface area (Å²) in [6.07, 6.45) is 3.06. The number of aliphatic hydroxyl groups is 1. The van der Waals surface area contributed by atoms with Gasteiger partial charge in [-0.15, -0.1) is 5.10 Å². The number of hydrogen-bond acceptors (Lipinski definition) is 7. The van der Waals surface area contributed by atoms with Crippen molar-refractivity contribution in [1.82, 2.24) is 15.2 Å². The average molecular weight is 459 g/mol. The lowest BCUT2D eigenvalue weighted by Gasteiger charge is -2.39. The Morgan fingerprint density at radius 2 is 1.94 bits per heavy atom. The lowest BCUT2D eigenvalue weighted by Crippen LogP contribution is -2.41. The minimum absolute atomic E-state index is 0.0154. The molecule has 0 unspecified atom stereocenters. The lowest BCUT2D eigenvalue weighted by atomic mass is 9.90.